The highest BCUT2D eigenvalue weighted by Gasteiger charge is 2.35. The highest BCUT2D eigenvalue weighted by atomic mass is 32.2. The monoisotopic (exact) mass is 938 g/mol. The van der Waals surface area contributed by atoms with Crippen molar-refractivity contribution in [1.82, 2.24) is 20.4 Å². The predicted octanol–water partition coefficient (Wildman–Crippen LogP) is 4.31. The molecule has 4 aromatic rings. The molecule has 20 heteroatoms. The van der Waals surface area contributed by atoms with Gasteiger partial charge in [0.25, 0.3) is 21.9 Å². The third kappa shape index (κ3) is 13.8. The summed E-state index contributed by atoms with van der Waals surface area (Å²) in [5, 5.41) is 21.6. The largest absolute Gasteiger partial charge is 0.465 e. The van der Waals surface area contributed by atoms with E-state index in [4.69, 9.17) is 25.0 Å². The Hall–Kier alpha value is -7.00. The molecule has 7 rings (SSSR count). The van der Waals surface area contributed by atoms with Gasteiger partial charge in [-0.2, -0.15) is 8.42 Å². The maximum absolute atomic E-state index is 12.5. The van der Waals surface area contributed by atoms with Gasteiger partial charge in [-0.15, -0.1) is 0 Å². The van der Waals surface area contributed by atoms with Gasteiger partial charge >= 0.3 is 18.2 Å². The van der Waals surface area contributed by atoms with Crippen LogP contribution in [-0.2, 0) is 33.3 Å². The Bertz CT molecular complexity index is 2580. The molecule has 3 saturated heterocycles. The summed E-state index contributed by atoms with van der Waals surface area (Å²) in [6.45, 7) is 10.2. The van der Waals surface area contributed by atoms with Crippen LogP contribution in [0, 0.1) is 24.7 Å². The highest BCUT2D eigenvalue weighted by molar-refractivity contribution is 7.86. The fourth-order valence-electron chi connectivity index (χ4n) is 7.43. The molecule has 3 heterocycles. The molecule has 3 aliphatic heterocycles. The van der Waals surface area contributed by atoms with Crippen LogP contribution in [0.2, 0.25) is 0 Å². The molecule has 3 fully saturated rings. The summed E-state index contributed by atoms with van der Waals surface area (Å²) >= 11 is 0. The minimum atomic E-state index is -3.63. The van der Waals surface area contributed by atoms with E-state index in [-0.39, 0.29) is 48.7 Å². The molecule has 0 aliphatic carbocycles. The maximum atomic E-state index is 12.5. The number of nitrogens with zero attached hydrogens (tertiary/aromatic N) is 4. The van der Waals surface area contributed by atoms with Crippen LogP contribution >= 0.6 is 0 Å². The predicted molar refractivity (Wildman–Crippen MR) is 249 cm³/mol. The van der Waals surface area contributed by atoms with Crippen molar-refractivity contribution in [1.29, 1.82) is 10.8 Å². The minimum absolute atomic E-state index is 0.0104. The Morgan fingerprint density at radius 2 is 1.10 bits per heavy atom. The lowest BCUT2D eigenvalue weighted by Gasteiger charge is -2.34. The molecule has 0 bridgehead atoms. The van der Waals surface area contributed by atoms with Gasteiger partial charge in [-0.05, 0) is 92.6 Å². The lowest BCUT2D eigenvalue weighted by atomic mass is 10.1. The number of carbonyl (C=O) groups excluding carboxylic acids is 5. The molecule has 2 unspecified atom stereocenters. The Labute approximate surface area is 389 Å². The number of nitrogens with one attached hydrogen (secondary N) is 4. The number of anilines is 2. The summed E-state index contributed by atoms with van der Waals surface area (Å²) in [4.78, 5) is 68.4. The zero-order chi connectivity index (χ0) is 48.3. The number of hydrogen-bond donors (Lipinski definition) is 4. The third-order valence-corrected chi connectivity index (χ3v) is 11.6. The second kappa shape index (κ2) is 22.5. The van der Waals surface area contributed by atoms with Crippen LogP contribution < -0.4 is 20.4 Å². The van der Waals surface area contributed by atoms with E-state index < -0.39 is 28.4 Å². The van der Waals surface area contributed by atoms with Crippen molar-refractivity contribution in [3.8, 4) is 0 Å². The van der Waals surface area contributed by atoms with Gasteiger partial charge in [0.15, 0.2) is 0 Å². The van der Waals surface area contributed by atoms with Gasteiger partial charge in [-0.25, -0.2) is 9.59 Å². The molecule has 19 nitrogen and oxygen atoms in total. The molecular weight excluding hydrogens is 885 g/mol. The SMILES string of the molecule is CCOC(=O)CN1CCN(CC2CN(c3ccc(C(=N)NC(=O)c4ccccc4C)cc3)C(=O)O2)CC1.Cc1ccccc1C(=O)NC(=N)c1ccc(N2CC(COS(C)(=O)=O)OC2=O)cc1. The van der Waals surface area contributed by atoms with Gasteiger partial charge in [-0.3, -0.25) is 49.0 Å². The van der Waals surface area contributed by atoms with Crippen LogP contribution in [0.1, 0.15) is 49.9 Å². The summed E-state index contributed by atoms with van der Waals surface area (Å²) in [5.41, 5.74) is 4.85. The van der Waals surface area contributed by atoms with E-state index in [9.17, 15) is 32.4 Å². The summed E-state index contributed by atoms with van der Waals surface area (Å²) in [5.74, 6) is -0.993. The number of ether oxygens (including phenoxy) is 3. The first-order chi connectivity index (χ1) is 32.0. The van der Waals surface area contributed by atoms with Crippen molar-refractivity contribution in [3.05, 3.63) is 130 Å². The van der Waals surface area contributed by atoms with Crippen molar-refractivity contribution in [2.45, 2.75) is 33.0 Å². The van der Waals surface area contributed by atoms with E-state index in [1.54, 1.807) is 84.6 Å². The van der Waals surface area contributed by atoms with Crippen LogP contribution in [0.5, 0.6) is 0 Å². The van der Waals surface area contributed by atoms with Gasteiger partial charge in [0.1, 0.15) is 30.5 Å². The second-order valence-electron chi connectivity index (χ2n) is 16.0. The Morgan fingerprint density at radius 3 is 1.55 bits per heavy atom. The normalized spacial score (nSPS) is 17.4. The molecule has 0 aromatic heterocycles. The van der Waals surface area contributed by atoms with Crippen LogP contribution in [0.3, 0.4) is 0 Å². The van der Waals surface area contributed by atoms with Gasteiger partial charge < -0.3 is 24.8 Å². The highest BCUT2D eigenvalue weighted by Crippen LogP contribution is 2.25. The topological polar surface area (TPSA) is 241 Å². The van der Waals surface area contributed by atoms with Gasteiger partial charge in [0.2, 0.25) is 0 Å². The van der Waals surface area contributed by atoms with Crippen molar-refractivity contribution < 1.29 is 50.8 Å². The van der Waals surface area contributed by atoms with Crippen LogP contribution in [-0.4, -0.2) is 144 Å². The Morgan fingerprint density at radius 1 is 0.672 bits per heavy atom. The summed E-state index contributed by atoms with van der Waals surface area (Å²) in [6.07, 6.45) is -1.06. The van der Waals surface area contributed by atoms with E-state index in [2.05, 4.69) is 24.6 Å². The van der Waals surface area contributed by atoms with E-state index in [1.165, 1.54) is 4.90 Å². The Balaban J connectivity index is 0.000000226. The minimum Gasteiger partial charge on any atom is -0.465 e. The first-order valence-corrected chi connectivity index (χ1v) is 23.3. The van der Waals surface area contributed by atoms with Crippen LogP contribution in [0.25, 0.3) is 0 Å². The molecule has 0 spiro atoms. The number of rotatable bonds is 14. The fraction of sp³-hybridized carbons (Fsp3) is 0.340. The first-order valence-electron chi connectivity index (χ1n) is 21.5. The Kier molecular flexibility index (Phi) is 16.6. The zero-order valence-corrected chi connectivity index (χ0v) is 38.5. The maximum Gasteiger partial charge on any atom is 0.414 e. The molecule has 4 aromatic carbocycles. The number of hydrogen-bond acceptors (Lipinski definition) is 15. The number of esters is 1. The van der Waals surface area contributed by atoms with E-state index in [0.717, 1.165) is 43.6 Å². The fourth-order valence-corrected chi connectivity index (χ4v) is 7.83. The van der Waals surface area contributed by atoms with E-state index in [0.29, 0.717) is 59.9 Å². The van der Waals surface area contributed by atoms with Gasteiger partial charge in [-0.1, -0.05) is 36.4 Å². The van der Waals surface area contributed by atoms with Gasteiger partial charge in [0, 0.05) is 66.4 Å². The quantitative estimate of drug-likeness (QED) is 0.0454. The van der Waals surface area contributed by atoms with Crippen molar-refractivity contribution in [2.75, 3.05) is 81.6 Å². The average molecular weight is 939 g/mol. The van der Waals surface area contributed by atoms with E-state index in [1.807, 2.05) is 38.1 Å². The number of carbonyl (C=O) groups is 5. The third-order valence-electron chi connectivity index (χ3n) is 11.0. The molecule has 2 atom stereocenters. The number of cyclic esters (lactones) is 2. The van der Waals surface area contributed by atoms with E-state index >= 15 is 0 Å². The van der Waals surface area contributed by atoms with Crippen molar-refractivity contribution >= 4 is 63.1 Å². The number of amidine groups is 2. The molecule has 4 amide bonds. The molecule has 4 N–H and O–H groups in total. The summed E-state index contributed by atoms with van der Waals surface area (Å²) in [6, 6.07) is 27.7. The molecule has 0 radical (unpaired) electrons. The van der Waals surface area contributed by atoms with Crippen molar-refractivity contribution in [2.24, 2.45) is 0 Å². The summed E-state index contributed by atoms with van der Waals surface area (Å²) in [7, 11) is -3.63. The number of piperazine rings is 1. The number of aryl methyl sites for hydroxylation is 2. The van der Waals surface area contributed by atoms with Gasteiger partial charge in [0.05, 0.1) is 32.5 Å². The average Bonchev–Trinajstić information content (AvgIpc) is 3.87. The molecule has 67 heavy (non-hydrogen) atoms. The molecule has 354 valence electrons. The number of amides is 4. The summed E-state index contributed by atoms with van der Waals surface area (Å²) < 4.78 is 42.6. The second-order valence-corrected chi connectivity index (χ2v) is 17.6. The number of benzene rings is 4. The smallest absolute Gasteiger partial charge is 0.414 e. The first kappa shape index (κ1) is 49.4. The standard InChI is InChI=1S/C27H33N5O5.C20H21N3O6S/c1-3-36-24(33)18-31-14-12-30(13-15-31)16-22-17-32(27(35)37-22)21-10-8-20(9-11-21)25(28)29-26(34)23-7-5-4-6-19(23)2;1-13-5-3-4-6-17(13)19(24)22-18(21)14-7-9-15(10-8-14)23-11-16(29-20(23)25)12-28-30(2,26)27/h4-11,22H,3,12-18H2,1-2H3,(H2,28,29,34);3-10,16H,11-12H2,1-2H3,(H2,21,22,24). The molecular formula is C47H54N8O11S. The zero-order valence-electron chi connectivity index (χ0n) is 37.7. The lowest BCUT2D eigenvalue weighted by Crippen LogP contribution is -2.50. The van der Waals surface area contributed by atoms with Crippen molar-refractivity contribution in [3.63, 3.8) is 0 Å². The molecule has 3 aliphatic rings. The lowest BCUT2D eigenvalue weighted by molar-refractivity contribution is -0.144. The van der Waals surface area contributed by atoms with Crippen LogP contribution in [0.15, 0.2) is 97.1 Å². The van der Waals surface area contributed by atoms with Crippen LogP contribution in [0.4, 0.5) is 21.0 Å². The molecule has 0 saturated carbocycles.